The maximum Gasteiger partial charge on any atom is 0.226 e. The van der Waals surface area contributed by atoms with Crippen molar-refractivity contribution in [1.82, 2.24) is 4.13 Å². The summed E-state index contributed by atoms with van der Waals surface area (Å²) < 4.78 is 49.3. The van der Waals surface area contributed by atoms with E-state index in [-0.39, 0.29) is 12.4 Å². The predicted octanol–water partition coefficient (Wildman–Crippen LogP) is -1.10. The van der Waals surface area contributed by atoms with Crippen LogP contribution in [0.15, 0.2) is 0 Å². The van der Waals surface area contributed by atoms with Crippen LogP contribution in [0.4, 0.5) is 0 Å². The highest BCUT2D eigenvalue weighted by atomic mass is 32.3. The molecule has 80 valence electrons. The lowest BCUT2D eigenvalue weighted by Crippen LogP contribution is -2.32. The van der Waals surface area contributed by atoms with Crippen LogP contribution >= 0.6 is 0 Å². The van der Waals surface area contributed by atoms with E-state index >= 15 is 0 Å². The summed E-state index contributed by atoms with van der Waals surface area (Å²) in [6.07, 6.45) is 0.783. The molecule has 0 saturated heterocycles. The predicted molar refractivity (Wildman–Crippen MR) is 48.3 cm³/mol. The fourth-order valence-electron chi connectivity index (χ4n) is 0.585. The zero-order valence-corrected chi connectivity index (χ0v) is 9.11. The van der Waals surface area contributed by atoms with E-state index < -0.39 is 20.0 Å². The lowest BCUT2D eigenvalue weighted by Gasteiger charge is -2.03. The molecule has 13 heavy (non-hydrogen) atoms. The summed E-state index contributed by atoms with van der Waals surface area (Å²) in [4.78, 5) is 0. The summed E-state index contributed by atoms with van der Waals surface area (Å²) in [6.45, 7) is 2.10. The molecule has 0 atom stereocenters. The minimum Gasteiger partial charge on any atom is -0.381 e. The van der Waals surface area contributed by atoms with Gasteiger partial charge in [-0.1, -0.05) is 0 Å². The highest BCUT2D eigenvalue weighted by molar-refractivity contribution is 8.04. The Hall–Kier alpha value is -0.180. The molecule has 0 aromatic rings. The Kier molecular flexibility index (Phi) is 4.82. The summed E-state index contributed by atoms with van der Waals surface area (Å²) in [7, 11) is -7.49. The normalized spacial score (nSPS) is 13.1. The van der Waals surface area contributed by atoms with Crippen LogP contribution < -0.4 is 4.13 Å². The maximum atomic E-state index is 11.0. The van der Waals surface area contributed by atoms with Crippen molar-refractivity contribution >= 4 is 20.0 Å². The first-order chi connectivity index (χ1) is 5.77. The zero-order valence-electron chi connectivity index (χ0n) is 7.48. The van der Waals surface area contributed by atoms with Crippen LogP contribution in [0.2, 0.25) is 0 Å². The van der Waals surface area contributed by atoms with E-state index in [0.29, 0.717) is 6.61 Å². The van der Waals surface area contributed by atoms with E-state index in [9.17, 15) is 16.8 Å². The van der Waals surface area contributed by atoms with Gasteiger partial charge in [0.15, 0.2) is 0 Å². The van der Waals surface area contributed by atoms with Crippen LogP contribution in [0.25, 0.3) is 0 Å². The summed E-state index contributed by atoms with van der Waals surface area (Å²) >= 11 is 0. The Morgan fingerprint density at radius 3 is 2.15 bits per heavy atom. The molecule has 0 fully saturated rings. The second-order valence-electron chi connectivity index (χ2n) is 2.37. The first-order valence-corrected chi connectivity index (χ1v) is 7.10. The first-order valence-electron chi connectivity index (χ1n) is 3.56. The molecule has 0 aliphatic rings. The highest BCUT2D eigenvalue weighted by Crippen LogP contribution is 1.88. The molecule has 0 saturated carbocycles. The topological polar surface area (TPSA) is 89.5 Å². The lowest BCUT2D eigenvalue weighted by atomic mass is 10.8. The number of sulfonamides is 2. The van der Waals surface area contributed by atoms with E-state index in [2.05, 4.69) is 0 Å². The molecule has 0 amide bonds. The fourth-order valence-corrected chi connectivity index (χ4v) is 3.10. The van der Waals surface area contributed by atoms with Crippen molar-refractivity contribution in [1.29, 1.82) is 0 Å². The molecule has 0 bridgehead atoms. The van der Waals surface area contributed by atoms with E-state index in [1.807, 2.05) is 0 Å². The van der Waals surface area contributed by atoms with Crippen LogP contribution in [0, 0.1) is 0 Å². The van der Waals surface area contributed by atoms with Gasteiger partial charge in [0, 0.05) is 6.61 Å². The number of rotatable bonds is 6. The van der Waals surface area contributed by atoms with Gasteiger partial charge in [-0.05, 0) is 6.92 Å². The average Bonchev–Trinajstić information content (AvgIpc) is 1.81. The summed E-state index contributed by atoms with van der Waals surface area (Å²) in [5, 5.41) is 0. The number of ether oxygens (including phenoxy) is 1. The van der Waals surface area contributed by atoms with Gasteiger partial charge >= 0.3 is 0 Å². The lowest BCUT2D eigenvalue weighted by molar-refractivity contribution is 0.163. The molecule has 0 heterocycles. The molecule has 0 aliphatic heterocycles. The van der Waals surface area contributed by atoms with E-state index in [0.717, 1.165) is 6.26 Å². The molecular weight excluding hydrogens is 218 g/mol. The van der Waals surface area contributed by atoms with Gasteiger partial charge < -0.3 is 4.74 Å². The minimum atomic E-state index is -3.77. The van der Waals surface area contributed by atoms with Gasteiger partial charge in [-0.3, -0.25) is 0 Å². The van der Waals surface area contributed by atoms with Gasteiger partial charge in [0.05, 0.1) is 18.6 Å². The maximum absolute atomic E-state index is 11.0. The molecule has 8 heteroatoms. The van der Waals surface area contributed by atoms with Gasteiger partial charge in [-0.15, -0.1) is 4.13 Å². The Morgan fingerprint density at radius 2 is 1.77 bits per heavy atom. The van der Waals surface area contributed by atoms with Crippen LogP contribution in [0.5, 0.6) is 0 Å². The SMILES string of the molecule is CCOCCS(=O)(=O)NS(C)(=O)=O. The third kappa shape index (κ3) is 8.16. The van der Waals surface area contributed by atoms with Crippen molar-refractivity contribution in [2.24, 2.45) is 0 Å². The van der Waals surface area contributed by atoms with Crippen molar-refractivity contribution in [2.75, 3.05) is 25.2 Å². The van der Waals surface area contributed by atoms with Crippen LogP contribution in [0.1, 0.15) is 6.92 Å². The molecule has 6 nitrogen and oxygen atoms in total. The Morgan fingerprint density at radius 1 is 1.23 bits per heavy atom. The molecule has 0 aliphatic carbocycles. The number of hydrogen-bond acceptors (Lipinski definition) is 5. The number of nitrogens with one attached hydrogen (secondary N) is 1. The van der Waals surface area contributed by atoms with Crippen molar-refractivity contribution < 1.29 is 21.6 Å². The van der Waals surface area contributed by atoms with Gasteiger partial charge in [0.1, 0.15) is 0 Å². The largest absolute Gasteiger partial charge is 0.381 e. The summed E-state index contributed by atoms with van der Waals surface area (Å²) in [5.41, 5.74) is 0. The summed E-state index contributed by atoms with van der Waals surface area (Å²) in [6, 6.07) is 0. The highest BCUT2D eigenvalue weighted by Gasteiger charge is 2.15. The second kappa shape index (κ2) is 4.89. The standard InChI is InChI=1S/C5H13NO5S2/c1-3-11-4-5-13(9,10)6-12(2,7)8/h6H,3-5H2,1-2H3. The van der Waals surface area contributed by atoms with Crippen molar-refractivity contribution in [3.05, 3.63) is 0 Å². The van der Waals surface area contributed by atoms with Crippen molar-refractivity contribution in [3.8, 4) is 0 Å². The Balaban J connectivity index is 4.12. The smallest absolute Gasteiger partial charge is 0.226 e. The van der Waals surface area contributed by atoms with Crippen molar-refractivity contribution in [2.45, 2.75) is 6.92 Å². The monoisotopic (exact) mass is 231 g/mol. The first kappa shape index (κ1) is 12.8. The number of hydrogen-bond donors (Lipinski definition) is 1. The van der Waals surface area contributed by atoms with Gasteiger partial charge in [0.2, 0.25) is 20.0 Å². The Bertz CT molecular complexity index is 330. The van der Waals surface area contributed by atoms with E-state index in [1.165, 1.54) is 4.13 Å². The minimum absolute atomic E-state index is 0.0125. The third-order valence-electron chi connectivity index (χ3n) is 0.979. The molecule has 0 aromatic carbocycles. The Labute approximate surface area is 78.4 Å². The van der Waals surface area contributed by atoms with Gasteiger partial charge in [-0.25, -0.2) is 16.8 Å². The average molecular weight is 231 g/mol. The second-order valence-corrected chi connectivity index (χ2v) is 6.22. The van der Waals surface area contributed by atoms with E-state index in [1.54, 1.807) is 6.92 Å². The quantitative estimate of drug-likeness (QED) is 0.586. The van der Waals surface area contributed by atoms with Crippen LogP contribution in [-0.2, 0) is 24.8 Å². The molecule has 0 unspecified atom stereocenters. The molecule has 1 N–H and O–H groups in total. The van der Waals surface area contributed by atoms with Crippen LogP contribution in [-0.4, -0.2) is 42.1 Å². The van der Waals surface area contributed by atoms with E-state index in [4.69, 9.17) is 4.74 Å². The molecule has 0 aromatic heterocycles. The van der Waals surface area contributed by atoms with Crippen LogP contribution in [0.3, 0.4) is 0 Å². The van der Waals surface area contributed by atoms with Gasteiger partial charge in [0.25, 0.3) is 0 Å². The zero-order chi connectivity index (χ0) is 10.5. The van der Waals surface area contributed by atoms with Crippen molar-refractivity contribution in [3.63, 3.8) is 0 Å². The fraction of sp³-hybridized carbons (Fsp3) is 1.00. The molecular formula is C5H13NO5S2. The molecule has 0 spiro atoms. The summed E-state index contributed by atoms with van der Waals surface area (Å²) in [5.74, 6) is -0.353. The van der Waals surface area contributed by atoms with Gasteiger partial charge in [-0.2, -0.15) is 0 Å². The molecule has 0 rings (SSSR count). The molecule has 0 radical (unpaired) electrons. The third-order valence-corrected chi connectivity index (χ3v) is 3.91.